The zero-order valence-corrected chi connectivity index (χ0v) is 16.9. The fourth-order valence-electron chi connectivity index (χ4n) is 3.06. The number of carbonyl (C=O) groups excluding carboxylic acids is 1. The van der Waals surface area contributed by atoms with Crippen molar-refractivity contribution in [1.82, 2.24) is 9.97 Å². The van der Waals surface area contributed by atoms with Gasteiger partial charge >= 0.3 is 0 Å². The first-order valence-corrected chi connectivity index (χ1v) is 9.81. The summed E-state index contributed by atoms with van der Waals surface area (Å²) >= 11 is 0. The number of amides is 1. The lowest BCUT2D eigenvalue weighted by Gasteiger charge is -2.08. The first kappa shape index (κ1) is 20.6. The topological polar surface area (TPSA) is 108 Å². The molecule has 7 heteroatoms. The van der Waals surface area contributed by atoms with Gasteiger partial charge in [-0.05, 0) is 48.0 Å². The molecule has 1 heterocycles. The molecule has 1 amide bonds. The van der Waals surface area contributed by atoms with E-state index in [2.05, 4.69) is 21.4 Å². The molecule has 0 bridgehead atoms. The Hall–Kier alpha value is -4.70. The maximum atomic E-state index is 12.3. The lowest BCUT2D eigenvalue weighted by Crippen LogP contribution is -2.20. The van der Waals surface area contributed by atoms with Crippen molar-refractivity contribution in [3.63, 3.8) is 0 Å². The second-order valence-electron chi connectivity index (χ2n) is 6.87. The fraction of sp³-hybridized carbons (Fsp3) is 0.0400. The number of ether oxygens (including phenoxy) is 1. The van der Waals surface area contributed by atoms with Gasteiger partial charge in [-0.3, -0.25) is 9.59 Å². The first-order valence-electron chi connectivity index (χ1n) is 9.81. The van der Waals surface area contributed by atoms with Gasteiger partial charge < -0.3 is 15.0 Å². The fourth-order valence-corrected chi connectivity index (χ4v) is 3.06. The van der Waals surface area contributed by atoms with Crippen LogP contribution in [0.2, 0.25) is 0 Å². The lowest BCUT2D eigenvalue weighted by molar-refractivity contribution is -0.118. The quantitative estimate of drug-likeness (QED) is 0.457. The summed E-state index contributed by atoms with van der Waals surface area (Å²) in [6.07, 6.45) is 1.62. The van der Waals surface area contributed by atoms with Crippen molar-refractivity contribution in [2.75, 3.05) is 11.9 Å². The number of hydrogen-bond acceptors (Lipinski definition) is 5. The molecule has 0 fully saturated rings. The second-order valence-corrected chi connectivity index (χ2v) is 6.87. The number of para-hydroxylation sites is 2. The number of aromatic nitrogens is 2. The average molecular weight is 422 g/mol. The molecule has 3 aromatic carbocycles. The molecule has 0 spiro atoms. The standard InChI is InChI=1S/C25H18N4O3/c26-15-18(24-28-22-9-5-4-8-21(22)25(31)29-24)14-17-10-12-20(13-11-17)32-16-23(30)27-19-6-2-1-3-7-19/h1-14H,16H2,(H,27,30)(H,28,29,31). The van der Waals surface area contributed by atoms with Gasteiger partial charge in [0.25, 0.3) is 11.5 Å². The molecule has 0 aliphatic carbocycles. The number of H-pyrrole nitrogens is 1. The summed E-state index contributed by atoms with van der Waals surface area (Å²) in [6.45, 7) is -0.129. The number of nitrogens with zero attached hydrogens (tertiary/aromatic N) is 2. The van der Waals surface area contributed by atoms with E-state index in [9.17, 15) is 14.9 Å². The Bertz CT molecular complexity index is 1380. The molecule has 0 unspecified atom stereocenters. The van der Waals surface area contributed by atoms with Crippen molar-refractivity contribution in [1.29, 1.82) is 5.26 Å². The maximum Gasteiger partial charge on any atom is 0.262 e. The van der Waals surface area contributed by atoms with E-state index in [4.69, 9.17) is 4.74 Å². The minimum atomic E-state index is -0.302. The Balaban J connectivity index is 1.45. The number of rotatable bonds is 6. The predicted molar refractivity (Wildman–Crippen MR) is 123 cm³/mol. The Kier molecular flexibility index (Phi) is 6.05. The summed E-state index contributed by atoms with van der Waals surface area (Å²) in [7, 11) is 0. The molecule has 4 rings (SSSR count). The largest absolute Gasteiger partial charge is 0.484 e. The maximum absolute atomic E-state index is 12.3. The molecule has 1 aromatic heterocycles. The molecule has 0 saturated carbocycles. The van der Waals surface area contributed by atoms with Crippen LogP contribution < -0.4 is 15.6 Å². The molecule has 7 nitrogen and oxygen atoms in total. The Morgan fingerprint density at radius 3 is 2.50 bits per heavy atom. The van der Waals surface area contributed by atoms with Crippen molar-refractivity contribution >= 4 is 34.1 Å². The summed E-state index contributed by atoms with van der Waals surface area (Å²) in [5.74, 6) is 0.452. The normalized spacial score (nSPS) is 11.0. The van der Waals surface area contributed by atoms with Crippen LogP contribution in [0.1, 0.15) is 11.4 Å². The first-order chi connectivity index (χ1) is 15.6. The zero-order valence-electron chi connectivity index (χ0n) is 16.9. The van der Waals surface area contributed by atoms with Crippen LogP contribution in [-0.2, 0) is 4.79 Å². The monoisotopic (exact) mass is 422 g/mol. The SMILES string of the molecule is N#CC(=Cc1ccc(OCC(=O)Nc2ccccc2)cc1)c1nc2ccccc2c(=O)[nH]1. The number of nitrogens with one attached hydrogen (secondary N) is 2. The van der Waals surface area contributed by atoms with Crippen LogP contribution in [-0.4, -0.2) is 22.5 Å². The highest BCUT2D eigenvalue weighted by Gasteiger charge is 2.08. The highest BCUT2D eigenvalue weighted by molar-refractivity contribution is 5.92. The van der Waals surface area contributed by atoms with Crippen molar-refractivity contribution in [2.45, 2.75) is 0 Å². The van der Waals surface area contributed by atoms with Crippen LogP contribution in [0.5, 0.6) is 5.75 Å². The highest BCUT2D eigenvalue weighted by atomic mass is 16.5. The van der Waals surface area contributed by atoms with E-state index in [1.54, 1.807) is 66.7 Å². The van der Waals surface area contributed by atoms with Crippen LogP contribution in [0.15, 0.2) is 83.7 Å². The van der Waals surface area contributed by atoms with E-state index in [1.165, 1.54) is 0 Å². The summed E-state index contributed by atoms with van der Waals surface area (Å²) in [4.78, 5) is 31.3. The van der Waals surface area contributed by atoms with Crippen LogP contribution in [0.25, 0.3) is 22.6 Å². The van der Waals surface area contributed by atoms with E-state index in [1.807, 2.05) is 18.2 Å². The van der Waals surface area contributed by atoms with Crippen LogP contribution in [0, 0.1) is 11.3 Å². The number of fused-ring (bicyclic) bond motifs is 1. The molecular formula is C25H18N4O3. The van der Waals surface area contributed by atoms with E-state index < -0.39 is 0 Å². The third kappa shape index (κ3) is 4.89. The van der Waals surface area contributed by atoms with Gasteiger partial charge in [0, 0.05) is 5.69 Å². The van der Waals surface area contributed by atoms with Crippen molar-refractivity contribution in [3.05, 3.63) is 101 Å². The molecule has 0 aliphatic heterocycles. The number of hydrogen-bond donors (Lipinski definition) is 2. The van der Waals surface area contributed by atoms with Gasteiger partial charge in [0.1, 0.15) is 11.8 Å². The Morgan fingerprint density at radius 1 is 1.03 bits per heavy atom. The van der Waals surface area contributed by atoms with E-state index in [0.29, 0.717) is 22.3 Å². The van der Waals surface area contributed by atoms with Gasteiger partial charge in [-0.25, -0.2) is 4.98 Å². The van der Waals surface area contributed by atoms with Gasteiger partial charge in [0.2, 0.25) is 0 Å². The number of aromatic amines is 1. The summed E-state index contributed by atoms with van der Waals surface area (Å²) in [5, 5.41) is 12.8. The van der Waals surface area contributed by atoms with Crippen molar-refractivity contribution < 1.29 is 9.53 Å². The number of allylic oxidation sites excluding steroid dienone is 1. The molecule has 4 aromatic rings. The van der Waals surface area contributed by atoms with Gasteiger partial charge in [-0.15, -0.1) is 0 Å². The van der Waals surface area contributed by atoms with Crippen LogP contribution in [0.3, 0.4) is 0 Å². The molecule has 0 saturated heterocycles. The molecule has 156 valence electrons. The van der Waals surface area contributed by atoms with Crippen LogP contribution >= 0.6 is 0 Å². The molecular weight excluding hydrogens is 404 g/mol. The smallest absolute Gasteiger partial charge is 0.262 e. The number of nitriles is 1. The lowest BCUT2D eigenvalue weighted by atomic mass is 10.1. The van der Waals surface area contributed by atoms with Gasteiger partial charge in [0.15, 0.2) is 12.4 Å². The Labute approximate surface area is 183 Å². The van der Waals surface area contributed by atoms with E-state index in [-0.39, 0.29) is 29.5 Å². The number of anilines is 1. The van der Waals surface area contributed by atoms with Gasteiger partial charge in [-0.2, -0.15) is 5.26 Å². The second kappa shape index (κ2) is 9.41. The molecule has 2 N–H and O–H groups in total. The Morgan fingerprint density at radius 2 is 1.75 bits per heavy atom. The minimum absolute atomic E-state index is 0.129. The molecule has 0 radical (unpaired) electrons. The summed E-state index contributed by atoms with van der Waals surface area (Å²) < 4.78 is 5.52. The number of carbonyl (C=O) groups is 1. The van der Waals surface area contributed by atoms with E-state index >= 15 is 0 Å². The highest BCUT2D eigenvalue weighted by Crippen LogP contribution is 2.18. The predicted octanol–water partition coefficient (Wildman–Crippen LogP) is 4.00. The van der Waals surface area contributed by atoms with E-state index in [0.717, 1.165) is 5.56 Å². The summed E-state index contributed by atoms with van der Waals surface area (Å²) in [5.41, 5.74) is 1.86. The third-order valence-corrected chi connectivity index (χ3v) is 4.61. The minimum Gasteiger partial charge on any atom is -0.484 e. The van der Waals surface area contributed by atoms with Crippen LogP contribution in [0.4, 0.5) is 5.69 Å². The molecule has 32 heavy (non-hydrogen) atoms. The van der Waals surface area contributed by atoms with Crippen molar-refractivity contribution in [3.8, 4) is 11.8 Å². The molecule has 0 atom stereocenters. The summed E-state index contributed by atoms with van der Waals surface area (Å²) in [6, 6.07) is 25.1. The molecule has 0 aliphatic rings. The van der Waals surface area contributed by atoms with Crippen molar-refractivity contribution in [2.24, 2.45) is 0 Å². The van der Waals surface area contributed by atoms with Gasteiger partial charge in [-0.1, -0.05) is 42.5 Å². The zero-order chi connectivity index (χ0) is 22.3. The third-order valence-electron chi connectivity index (χ3n) is 4.61. The number of benzene rings is 3. The van der Waals surface area contributed by atoms with Gasteiger partial charge in [0.05, 0.1) is 16.5 Å². The average Bonchev–Trinajstić information content (AvgIpc) is 2.82.